The third kappa shape index (κ3) is 6.19. The number of aromatic nitrogens is 1. The van der Waals surface area contributed by atoms with E-state index in [1.165, 1.54) is 5.56 Å². The highest BCUT2D eigenvalue weighted by atomic mass is 16.6. The van der Waals surface area contributed by atoms with Crippen LogP contribution in [0, 0.1) is 11.8 Å². The number of ether oxygens (including phenoxy) is 1. The summed E-state index contributed by atoms with van der Waals surface area (Å²) in [5.41, 5.74) is 0.819. The van der Waals surface area contributed by atoms with Gasteiger partial charge in [-0.25, -0.2) is 4.79 Å². The number of amides is 2. The van der Waals surface area contributed by atoms with Crippen molar-refractivity contribution >= 4 is 12.0 Å². The zero-order valence-electron chi connectivity index (χ0n) is 19.0. The molecule has 1 saturated carbocycles. The lowest BCUT2D eigenvalue weighted by molar-refractivity contribution is -0.138. The van der Waals surface area contributed by atoms with Gasteiger partial charge in [0.2, 0.25) is 5.91 Å². The molecule has 0 radical (unpaired) electrons. The molecular weight excluding hydrogens is 378 g/mol. The van der Waals surface area contributed by atoms with Crippen LogP contribution in [-0.4, -0.2) is 59.1 Å². The van der Waals surface area contributed by atoms with Crippen molar-refractivity contribution in [2.75, 3.05) is 26.7 Å². The molecule has 166 valence electrons. The fourth-order valence-corrected chi connectivity index (χ4v) is 4.70. The number of nitrogens with zero attached hydrogens (tertiary/aromatic N) is 3. The zero-order chi connectivity index (χ0) is 21.7. The lowest BCUT2D eigenvalue weighted by Gasteiger charge is -2.37. The van der Waals surface area contributed by atoms with E-state index in [1.54, 1.807) is 11.9 Å². The molecule has 1 aromatic heterocycles. The molecule has 0 aromatic carbocycles. The van der Waals surface area contributed by atoms with Crippen LogP contribution in [0.5, 0.6) is 0 Å². The Morgan fingerprint density at radius 2 is 1.80 bits per heavy atom. The highest BCUT2D eigenvalue weighted by Crippen LogP contribution is 2.33. The minimum Gasteiger partial charge on any atom is -0.444 e. The minimum atomic E-state index is -0.472. The molecule has 0 atom stereocenters. The van der Waals surface area contributed by atoms with Crippen molar-refractivity contribution in [2.24, 2.45) is 11.8 Å². The molecule has 1 aromatic rings. The predicted octanol–water partition coefficient (Wildman–Crippen LogP) is 4.46. The van der Waals surface area contributed by atoms with Gasteiger partial charge in [0.15, 0.2) is 0 Å². The number of likely N-dealkylation sites (tertiary alicyclic amines) is 1. The van der Waals surface area contributed by atoms with E-state index in [4.69, 9.17) is 4.74 Å². The number of carbonyl (C=O) groups excluding carboxylic acids is 2. The smallest absolute Gasteiger partial charge is 0.410 e. The number of piperidine rings is 1. The Hall–Kier alpha value is -2.11. The van der Waals surface area contributed by atoms with Gasteiger partial charge in [0, 0.05) is 45.0 Å². The van der Waals surface area contributed by atoms with Crippen molar-refractivity contribution in [1.29, 1.82) is 0 Å². The first-order valence-electron chi connectivity index (χ1n) is 11.4. The molecule has 6 heteroatoms. The Bertz CT molecular complexity index is 700. The van der Waals surface area contributed by atoms with Crippen LogP contribution in [0.25, 0.3) is 0 Å². The monoisotopic (exact) mass is 415 g/mol. The maximum atomic E-state index is 13.0. The Balaban J connectivity index is 1.41. The molecule has 2 amide bonds. The van der Waals surface area contributed by atoms with E-state index < -0.39 is 5.60 Å². The molecule has 2 aliphatic rings. The number of hydrogen-bond donors (Lipinski definition) is 0. The lowest BCUT2D eigenvalue weighted by Crippen LogP contribution is -2.43. The summed E-state index contributed by atoms with van der Waals surface area (Å²) >= 11 is 0. The maximum Gasteiger partial charge on any atom is 0.410 e. The van der Waals surface area contributed by atoms with Gasteiger partial charge in [0.1, 0.15) is 5.60 Å². The van der Waals surface area contributed by atoms with Crippen LogP contribution in [0.15, 0.2) is 24.5 Å². The molecule has 3 rings (SSSR count). The van der Waals surface area contributed by atoms with E-state index >= 15 is 0 Å². The average Bonchev–Trinajstić information content (AvgIpc) is 2.73. The predicted molar refractivity (Wildman–Crippen MR) is 117 cm³/mol. The Labute approximate surface area is 181 Å². The van der Waals surface area contributed by atoms with Gasteiger partial charge in [0.25, 0.3) is 0 Å². The number of rotatable bonds is 4. The molecule has 0 bridgehead atoms. The van der Waals surface area contributed by atoms with Gasteiger partial charge in [-0.05, 0) is 82.8 Å². The van der Waals surface area contributed by atoms with E-state index in [2.05, 4.69) is 16.0 Å². The summed E-state index contributed by atoms with van der Waals surface area (Å²) in [6, 6.07) is 4.14. The largest absolute Gasteiger partial charge is 0.444 e. The highest BCUT2D eigenvalue weighted by molar-refractivity contribution is 5.79. The van der Waals surface area contributed by atoms with Gasteiger partial charge in [-0.15, -0.1) is 0 Å². The van der Waals surface area contributed by atoms with Gasteiger partial charge in [-0.1, -0.05) is 6.07 Å². The first-order valence-corrected chi connectivity index (χ1v) is 11.4. The summed E-state index contributed by atoms with van der Waals surface area (Å²) in [5, 5.41) is 0. The summed E-state index contributed by atoms with van der Waals surface area (Å²) in [6.07, 6.45) is 9.38. The number of carbonyl (C=O) groups is 2. The SMILES string of the molecule is CN(C[C@H]1CC[C@H](C(=O)N2CCC(c3cccnc3)CC2)CC1)C(=O)OC(C)(C)C. The average molecular weight is 416 g/mol. The van der Waals surface area contributed by atoms with Crippen LogP contribution in [0.1, 0.15) is 70.8 Å². The molecule has 0 N–H and O–H groups in total. The molecule has 1 aliphatic carbocycles. The molecule has 0 unspecified atom stereocenters. The molecule has 2 fully saturated rings. The fraction of sp³-hybridized carbons (Fsp3) is 0.708. The summed E-state index contributed by atoms with van der Waals surface area (Å²) in [6.45, 7) is 8.05. The first-order chi connectivity index (χ1) is 14.2. The maximum absolute atomic E-state index is 13.0. The summed E-state index contributed by atoms with van der Waals surface area (Å²) < 4.78 is 5.44. The van der Waals surface area contributed by atoms with Crippen LogP contribution in [0.4, 0.5) is 4.79 Å². The van der Waals surface area contributed by atoms with Crippen LogP contribution in [0.2, 0.25) is 0 Å². The van der Waals surface area contributed by atoms with Gasteiger partial charge < -0.3 is 14.5 Å². The third-order valence-electron chi connectivity index (χ3n) is 6.40. The summed E-state index contributed by atoms with van der Waals surface area (Å²) in [4.78, 5) is 33.2. The Morgan fingerprint density at radius 3 is 2.37 bits per heavy atom. The van der Waals surface area contributed by atoms with E-state index in [1.807, 2.05) is 39.2 Å². The third-order valence-corrected chi connectivity index (χ3v) is 6.40. The lowest BCUT2D eigenvalue weighted by atomic mass is 9.80. The van der Waals surface area contributed by atoms with Crippen molar-refractivity contribution in [3.05, 3.63) is 30.1 Å². The van der Waals surface area contributed by atoms with Gasteiger partial charge in [-0.2, -0.15) is 0 Å². The molecule has 30 heavy (non-hydrogen) atoms. The fourth-order valence-electron chi connectivity index (χ4n) is 4.70. The highest BCUT2D eigenvalue weighted by Gasteiger charge is 2.32. The minimum absolute atomic E-state index is 0.142. The first kappa shape index (κ1) is 22.6. The van der Waals surface area contributed by atoms with Crippen molar-refractivity contribution in [2.45, 2.75) is 70.8 Å². The van der Waals surface area contributed by atoms with Crippen molar-refractivity contribution in [1.82, 2.24) is 14.8 Å². The van der Waals surface area contributed by atoms with E-state index in [0.717, 1.165) is 51.6 Å². The topological polar surface area (TPSA) is 62.7 Å². The Morgan fingerprint density at radius 1 is 1.13 bits per heavy atom. The number of hydrogen-bond acceptors (Lipinski definition) is 4. The summed E-state index contributed by atoms with van der Waals surface area (Å²) in [5.74, 6) is 1.44. The second-order valence-electron chi connectivity index (χ2n) is 9.96. The molecule has 6 nitrogen and oxygen atoms in total. The van der Waals surface area contributed by atoms with E-state index in [0.29, 0.717) is 24.3 Å². The van der Waals surface area contributed by atoms with Crippen molar-refractivity contribution in [3.63, 3.8) is 0 Å². The number of pyridine rings is 1. The normalized spacial score (nSPS) is 23.1. The molecule has 2 heterocycles. The van der Waals surface area contributed by atoms with Crippen LogP contribution < -0.4 is 0 Å². The molecule has 1 aliphatic heterocycles. The summed E-state index contributed by atoms with van der Waals surface area (Å²) in [7, 11) is 1.80. The Kier molecular flexibility index (Phi) is 7.37. The molecule has 0 spiro atoms. The van der Waals surface area contributed by atoms with Crippen molar-refractivity contribution in [3.8, 4) is 0 Å². The second kappa shape index (κ2) is 9.80. The van der Waals surface area contributed by atoms with Crippen LogP contribution in [0.3, 0.4) is 0 Å². The van der Waals surface area contributed by atoms with E-state index in [9.17, 15) is 9.59 Å². The van der Waals surface area contributed by atoms with Gasteiger partial charge >= 0.3 is 6.09 Å². The quantitative estimate of drug-likeness (QED) is 0.728. The van der Waals surface area contributed by atoms with E-state index in [-0.39, 0.29) is 12.0 Å². The van der Waals surface area contributed by atoms with Crippen molar-refractivity contribution < 1.29 is 14.3 Å². The van der Waals surface area contributed by atoms with Gasteiger partial charge in [0.05, 0.1) is 0 Å². The van der Waals surface area contributed by atoms with Crippen LogP contribution in [-0.2, 0) is 9.53 Å². The standard InChI is InChI=1S/C24H37N3O3/c1-24(2,3)30-23(29)26(4)17-18-7-9-20(10-8-18)22(28)27-14-11-19(12-15-27)21-6-5-13-25-16-21/h5-6,13,16,18-20H,7-12,14-15,17H2,1-4H3/t18-,20-. The second-order valence-corrected chi connectivity index (χ2v) is 9.96. The zero-order valence-corrected chi connectivity index (χ0v) is 19.0. The molecule has 1 saturated heterocycles. The van der Waals surface area contributed by atoms with Gasteiger partial charge in [-0.3, -0.25) is 9.78 Å². The van der Waals surface area contributed by atoms with Crippen LogP contribution >= 0.6 is 0 Å². The molecular formula is C24H37N3O3.